The van der Waals surface area contributed by atoms with Crippen LogP contribution in [0.5, 0.6) is 0 Å². The average Bonchev–Trinajstić information content (AvgIpc) is 3.14. The zero-order valence-electron chi connectivity index (χ0n) is 15.0. The number of rotatable bonds is 2. The standard InChI is InChI=1S/C20H19N5OS/c1-14-5-4-6-15-19(14)22-20(27-15)24-11-9-23(10-12-24)17-13-18(26)25-8-3-2-7-16(25)21-17/h2-8,13H,9-12H2,1H3. The molecule has 3 aromatic heterocycles. The number of thiazole rings is 1. The van der Waals surface area contributed by atoms with Crippen molar-refractivity contribution < 1.29 is 0 Å². The van der Waals surface area contributed by atoms with Crippen LogP contribution in [-0.2, 0) is 0 Å². The van der Waals surface area contributed by atoms with Gasteiger partial charge in [-0.1, -0.05) is 29.5 Å². The van der Waals surface area contributed by atoms with Crippen LogP contribution in [0.1, 0.15) is 5.56 Å². The molecule has 6 nitrogen and oxygen atoms in total. The normalized spacial score (nSPS) is 15.0. The molecule has 136 valence electrons. The molecule has 4 aromatic rings. The Kier molecular flexibility index (Phi) is 3.82. The minimum atomic E-state index is -0.0420. The van der Waals surface area contributed by atoms with E-state index in [2.05, 4.69) is 39.9 Å². The number of aromatic nitrogens is 3. The quantitative estimate of drug-likeness (QED) is 0.538. The predicted molar refractivity (Wildman–Crippen MR) is 110 cm³/mol. The summed E-state index contributed by atoms with van der Waals surface area (Å²) in [5.41, 5.74) is 2.96. The van der Waals surface area contributed by atoms with E-state index in [0.29, 0.717) is 5.65 Å². The second-order valence-corrected chi connectivity index (χ2v) is 7.78. The Morgan fingerprint density at radius 3 is 2.59 bits per heavy atom. The van der Waals surface area contributed by atoms with Crippen molar-refractivity contribution in [2.45, 2.75) is 6.92 Å². The third-order valence-corrected chi connectivity index (χ3v) is 6.12. The Morgan fingerprint density at radius 2 is 1.78 bits per heavy atom. The molecule has 4 heterocycles. The fraction of sp³-hybridized carbons (Fsp3) is 0.250. The van der Waals surface area contributed by atoms with Crippen LogP contribution in [0.2, 0.25) is 0 Å². The van der Waals surface area contributed by atoms with E-state index >= 15 is 0 Å². The first-order chi connectivity index (χ1) is 13.2. The number of fused-ring (bicyclic) bond motifs is 2. The van der Waals surface area contributed by atoms with Gasteiger partial charge in [0.25, 0.3) is 5.56 Å². The summed E-state index contributed by atoms with van der Waals surface area (Å²) in [6, 6.07) is 13.6. The molecular formula is C20H19N5OS. The molecule has 1 aliphatic rings. The van der Waals surface area contributed by atoms with Crippen LogP contribution in [0, 0.1) is 6.92 Å². The van der Waals surface area contributed by atoms with Gasteiger partial charge < -0.3 is 9.80 Å². The first kappa shape index (κ1) is 16.3. The molecular weight excluding hydrogens is 358 g/mol. The topological polar surface area (TPSA) is 53.7 Å². The zero-order chi connectivity index (χ0) is 18.4. The molecule has 1 saturated heterocycles. The monoisotopic (exact) mass is 377 g/mol. The molecule has 0 amide bonds. The number of para-hydroxylation sites is 1. The lowest BCUT2D eigenvalue weighted by Crippen LogP contribution is -2.47. The van der Waals surface area contributed by atoms with Crippen LogP contribution < -0.4 is 15.4 Å². The fourth-order valence-corrected chi connectivity index (χ4v) is 4.63. The summed E-state index contributed by atoms with van der Waals surface area (Å²) >= 11 is 1.75. The van der Waals surface area contributed by atoms with E-state index in [-0.39, 0.29) is 5.56 Å². The molecule has 0 N–H and O–H groups in total. The van der Waals surface area contributed by atoms with Crippen LogP contribution >= 0.6 is 11.3 Å². The number of anilines is 2. The second-order valence-electron chi connectivity index (χ2n) is 6.77. The molecule has 0 saturated carbocycles. The summed E-state index contributed by atoms with van der Waals surface area (Å²) in [6.07, 6.45) is 1.75. The lowest BCUT2D eigenvalue weighted by Gasteiger charge is -2.35. The Balaban J connectivity index is 1.38. The van der Waals surface area contributed by atoms with Crippen molar-refractivity contribution >= 4 is 38.2 Å². The molecule has 0 unspecified atom stereocenters. The minimum Gasteiger partial charge on any atom is -0.353 e. The van der Waals surface area contributed by atoms with Gasteiger partial charge in [-0.2, -0.15) is 0 Å². The summed E-state index contributed by atoms with van der Waals surface area (Å²) in [7, 11) is 0. The Morgan fingerprint density at radius 1 is 0.963 bits per heavy atom. The second kappa shape index (κ2) is 6.35. The molecule has 1 aliphatic heterocycles. The van der Waals surface area contributed by atoms with Crippen LogP contribution in [0.4, 0.5) is 10.9 Å². The highest BCUT2D eigenvalue weighted by Gasteiger charge is 2.21. The summed E-state index contributed by atoms with van der Waals surface area (Å²) in [5, 5.41) is 1.07. The average molecular weight is 377 g/mol. The van der Waals surface area contributed by atoms with E-state index in [0.717, 1.165) is 42.6 Å². The number of benzene rings is 1. The van der Waals surface area contributed by atoms with Crippen molar-refractivity contribution in [2.24, 2.45) is 0 Å². The smallest absolute Gasteiger partial charge is 0.259 e. The van der Waals surface area contributed by atoms with E-state index in [9.17, 15) is 4.79 Å². The van der Waals surface area contributed by atoms with Crippen LogP contribution in [0.3, 0.4) is 0 Å². The molecule has 0 radical (unpaired) electrons. The van der Waals surface area contributed by atoms with E-state index in [1.54, 1.807) is 28.0 Å². The molecule has 0 bridgehead atoms. The van der Waals surface area contributed by atoms with Crippen LogP contribution in [0.15, 0.2) is 53.5 Å². The van der Waals surface area contributed by atoms with Gasteiger partial charge in [0.1, 0.15) is 11.5 Å². The molecule has 0 atom stereocenters. The van der Waals surface area contributed by atoms with Crippen LogP contribution in [0.25, 0.3) is 15.9 Å². The van der Waals surface area contributed by atoms with Crippen molar-refractivity contribution in [3.05, 3.63) is 64.6 Å². The maximum Gasteiger partial charge on any atom is 0.259 e. The first-order valence-corrected chi connectivity index (χ1v) is 9.85. The van der Waals surface area contributed by atoms with Gasteiger partial charge >= 0.3 is 0 Å². The lowest BCUT2D eigenvalue weighted by atomic mass is 10.2. The van der Waals surface area contributed by atoms with Crippen LogP contribution in [-0.4, -0.2) is 40.5 Å². The lowest BCUT2D eigenvalue weighted by molar-refractivity contribution is 0.646. The van der Waals surface area contributed by atoms with Gasteiger partial charge in [0.05, 0.1) is 10.2 Å². The molecule has 1 fully saturated rings. The van der Waals surface area contributed by atoms with Crippen molar-refractivity contribution in [1.82, 2.24) is 14.4 Å². The number of pyridine rings is 1. The van der Waals surface area contributed by atoms with E-state index in [1.165, 1.54) is 10.3 Å². The SMILES string of the molecule is Cc1cccc2sc(N3CCN(c4cc(=O)n5ccccc5n4)CC3)nc12. The van der Waals surface area contributed by atoms with Crippen molar-refractivity contribution in [3.63, 3.8) is 0 Å². The summed E-state index contributed by atoms with van der Waals surface area (Å²) in [5.74, 6) is 0.756. The van der Waals surface area contributed by atoms with Gasteiger partial charge in [-0.05, 0) is 30.7 Å². The summed E-state index contributed by atoms with van der Waals surface area (Å²) < 4.78 is 2.81. The maximum atomic E-state index is 12.3. The Bertz CT molecular complexity index is 1190. The van der Waals surface area contributed by atoms with Gasteiger partial charge in [0, 0.05) is 38.4 Å². The van der Waals surface area contributed by atoms with Gasteiger partial charge in [-0.15, -0.1) is 0 Å². The summed E-state index contributed by atoms with van der Waals surface area (Å²) in [4.78, 5) is 26.4. The highest BCUT2D eigenvalue weighted by atomic mass is 32.1. The third-order valence-electron chi connectivity index (χ3n) is 5.04. The molecule has 1 aromatic carbocycles. The first-order valence-electron chi connectivity index (χ1n) is 9.03. The fourth-order valence-electron chi connectivity index (χ4n) is 3.54. The van der Waals surface area contributed by atoms with Gasteiger partial charge in [-0.3, -0.25) is 9.20 Å². The maximum absolute atomic E-state index is 12.3. The van der Waals surface area contributed by atoms with Gasteiger partial charge in [0.15, 0.2) is 5.13 Å². The predicted octanol–water partition coefficient (Wildman–Crippen LogP) is 2.94. The van der Waals surface area contributed by atoms with Gasteiger partial charge in [-0.25, -0.2) is 9.97 Å². The highest BCUT2D eigenvalue weighted by Crippen LogP contribution is 2.31. The van der Waals surface area contributed by atoms with Gasteiger partial charge in [0.2, 0.25) is 0 Å². The molecule has 5 rings (SSSR count). The summed E-state index contributed by atoms with van der Waals surface area (Å²) in [6.45, 7) is 5.49. The zero-order valence-corrected chi connectivity index (χ0v) is 15.8. The molecule has 7 heteroatoms. The van der Waals surface area contributed by atoms with Crippen molar-refractivity contribution in [3.8, 4) is 0 Å². The molecule has 0 aliphatic carbocycles. The number of piperazine rings is 1. The number of aryl methyl sites for hydroxylation is 1. The Labute approximate surface area is 160 Å². The van der Waals surface area contributed by atoms with Crippen molar-refractivity contribution in [1.29, 1.82) is 0 Å². The van der Waals surface area contributed by atoms with E-state index in [4.69, 9.17) is 4.98 Å². The van der Waals surface area contributed by atoms with E-state index < -0.39 is 0 Å². The number of nitrogens with zero attached hydrogens (tertiary/aromatic N) is 5. The molecule has 0 spiro atoms. The minimum absolute atomic E-state index is 0.0420. The largest absolute Gasteiger partial charge is 0.353 e. The third kappa shape index (κ3) is 2.84. The molecule has 27 heavy (non-hydrogen) atoms. The van der Waals surface area contributed by atoms with E-state index in [1.807, 2.05) is 18.2 Å². The number of hydrogen-bond acceptors (Lipinski definition) is 6. The highest BCUT2D eigenvalue weighted by molar-refractivity contribution is 7.22. The Hall–Kier alpha value is -2.93. The van der Waals surface area contributed by atoms with Crippen molar-refractivity contribution in [2.75, 3.05) is 36.0 Å². The number of hydrogen-bond donors (Lipinski definition) is 0.